The van der Waals surface area contributed by atoms with Gasteiger partial charge in [-0.2, -0.15) is 0 Å². The van der Waals surface area contributed by atoms with E-state index in [1.807, 2.05) is 6.07 Å². The highest BCUT2D eigenvalue weighted by Gasteiger charge is 2.16. The van der Waals surface area contributed by atoms with Crippen molar-refractivity contribution in [2.75, 3.05) is 11.9 Å². The number of aromatic nitrogens is 1. The average Bonchev–Trinajstić information content (AvgIpc) is 3.21. The Labute approximate surface area is 161 Å². The van der Waals surface area contributed by atoms with Crippen molar-refractivity contribution < 1.29 is 18.7 Å². The van der Waals surface area contributed by atoms with Crippen LogP contribution in [0.1, 0.15) is 53.9 Å². The molecule has 0 aliphatic rings. The smallest absolute Gasteiger partial charge is 0.357 e. The molecule has 0 unspecified atom stereocenters. The molecule has 0 fully saturated rings. The maximum Gasteiger partial charge on any atom is 0.357 e. The molecule has 3 aromatic rings. The van der Waals surface area contributed by atoms with Gasteiger partial charge in [0.25, 0.3) is 0 Å². The van der Waals surface area contributed by atoms with Crippen molar-refractivity contribution in [3.8, 4) is 0 Å². The molecule has 0 radical (unpaired) electrons. The van der Waals surface area contributed by atoms with Gasteiger partial charge >= 0.3 is 5.97 Å². The lowest BCUT2D eigenvalue weighted by Crippen LogP contribution is -2.14. The van der Waals surface area contributed by atoms with Crippen LogP contribution >= 0.6 is 11.3 Å². The molecule has 2 aromatic heterocycles. The Kier molecular flexibility index (Phi) is 5.60. The monoisotopic (exact) mass is 386 g/mol. The van der Waals surface area contributed by atoms with E-state index in [0.29, 0.717) is 11.0 Å². The number of aryl methyl sites for hydroxylation is 1. The molecule has 0 spiro atoms. The number of rotatable bonds is 6. The number of furan rings is 1. The van der Waals surface area contributed by atoms with E-state index in [4.69, 9.17) is 9.15 Å². The first-order valence-electron chi connectivity index (χ1n) is 8.82. The van der Waals surface area contributed by atoms with Gasteiger partial charge in [-0.1, -0.05) is 13.8 Å². The van der Waals surface area contributed by atoms with Crippen molar-refractivity contribution in [1.29, 1.82) is 0 Å². The van der Waals surface area contributed by atoms with Crippen LogP contribution in [0.15, 0.2) is 28.2 Å². The van der Waals surface area contributed by atoms with Crippen LogP contribution in [-0.2, 0) is 16.0 Å². The molecular weight excluding hydrogens is 364 g/mol. The van der Waals surface area contributed by atoms with E-state index in [1.165, 1.54) is 22.5 Å². The first-order valence-corrected chi connectivity index (χ1v) is 9.70. The van der Waals surface area contributed by atoms with Crippen LogP contribution in [0.25, 0.3) is 11.0 Å². The molecule has 3 rings (SSSR count). The molecular formula is C20H22N2O4S. The number of amides is 1. The largest absolute Gasteiger partial charge is 0.464 e. The summed E-state index contributed by atoms with van der Waals surface area (Å²) in [5.74, 6) is -0.316. The molecule has 1 aromatic carbocycles. The zero-order valence-corrected chi connectivity index (χ0v) is 16.6. The fraction of sp³-hybridized carbons (Fsp3) is 0.350. The van der Waals surface area contributed by atoms with E-state index in [0.717, 1.165) is 16.5 Å². The number of ether oxygens (including phenoxy) is 1. The molecule has 0 aliphatic heterocycles. The molecule has 142 valence electrons. The summed E-state index contributed by atoms with van der Waals surface area (Å²) in [6, 6.07) is 4.11. The molecule has 0 bridgehead atoms. The van der Waals surface area contributed by atoms with Crippen LogP contribution in [0.3, 0.4) is 0 Å². The van der Waals surface area contributed by atoms with Crippen molar-refractivity contribution >= 4 is 39.3 Å². The summed E-state index contributed by atoms with van der Waals surface area (Å²) in [5, 5.41) is 5.62. The quantitative estimate of drug-likeness (QED) is 0.622. The van der Waals surface area contributed by atoms with Crippen LogP contribution in [0.2, 0.25) is 0 Å². The normalized spacial score (nSPS) is 11.1. The van der Waals surface area contributed by atoms with E-state index in [-0.39, 0.29) is 24.6 Å². The highest BCUT2D eigenvalue weighted by molar-refractivity contribution is 7.14. The lowest BCUT2D eigenvalue weighted by atomic mass is 9.95. The number of carbonyl (C=O) groups excluding carboxylic acids is 2. The number of benzene rings is 1. The van der Waals surface area contributed by atoms with Crippen molar-refractivity contribution in [3.63, 3.8) is 0 Å². The van der Waals surface area contributed by atoms with E-state index >= 15 is 0 Å². The Hall–Kier alpha value is -2.67. The van der Waals surface area contributed by atoms with E-state index in [9.17, 15) is 9.59 Å². The summed E-state index contributed by atoms with van der Waals surface area (Å²) in [6.45, 7) is 8.36. The highest BCUT2D eigenvalue weighted by atomic mass is 32.1. The minimum Gasteiger partial charge on any atom is -0.464 e. The van der Waals surface area contributed by atoms with Crippen LogP contribution in [0.5, 0.6) is 0 Å². The van der Waals surface area contributed by atoms with E-state index < -0.39 is 5.97 Å². The third kappa shape index (κ3) is 4.19. The first kappa shape index (κ1) is 19.1. The second-order valence-electron chi connectivity index (χ2n) is 6.60. The summed E-state index contributed by atoms with van der Waals surface area (Å²) >= 11 is 1.19. The number of nitrogens with one attached hydrogen (secondary N) is 1. The molecule has 0 saturated carbocycles. The second kappa shape index (κ2) is 7.92. The number of fused-ring (bicyclic) bond motifs is 1. The van der Waals surface area contributed by atoms with Gasteiger partial charge in [-0.05, 0) is 43.0 Å². The van der Waals surface area contributed by atoms with Gasteiger partial charge in [0.1, 0.15) is 5.58 Å². The maximum absolute atomic E-state index is 12.4. The Morgan fingerprint density at radius 1 is 1.33 bits per heavy atom. The average molecular weight is 386 g/mol. The van der Waals surface area contributed by atoms with Crippen LogP contribution in [-0.4, -0.2) is 23.5 Å². The van der Waals surface area contributed by atoms with Gasteiger partial charge in [-0.3, -0.25) is 4.79 Å². The Morgan fingerprint density at radius 2 is 2.11 bits per heavy atom. The molecule has 0 saturated heterocycles. The zero-order chi connectivity index (χ0) is 19.6. The number of carbonyl (C=O) groups is 2. The van der Waals surface area contributed by atoms with Crippen molar-refractivity contribution in [2.24, 2.45) is 0 Å². The van der Waals surface area contributed by atoms with Crippen LogP contribution in [0, 0.1) is 6.92 Å². The third-order valence-corrected chi connectivity index (χ3v) is 5.01. The molecule has 0 atom stereocenters. The van der Waals surface area contributed by atoms with Crippen molar-refractivity contribution in [3.05, 3.63) is 46.2 Å². The number of nitrogens with zero attached hydrogens (tertiary/aromatic N) is 1. The van der Waals surface area contributed by atoms with Crippen molar-refractivity contribution in [1.82, 2.24) is 4.98 Å². The summed E-state index contributed by atoms with van der Waals surface area (Å²) in [7, 11) is 0. The molecule has 1 amide bonds. The molecule has 6 nitrogen and oxygen atoms in total. The Morgan fingerprint density at radius 3 is 2.81 bits per heavy atom. The summed E-state index contributed by atoms with van der Waals surface area (Å²) in [4.78, 5) is 28.2. The first-order chi connectivity index (χ1) is 12.9. The predicted octanol–water partition coefficient (Wildman–Crippen LogP) is 4.68. The standard InChI is InChI=1S/C20H22N2O4S/c1-5-25-19(24)16-10-27-20(21-16)22-18(23)7-13-9-26-17-6-12(4)14(11(2)3)8-15(13)17/h6,8-11H,5,7H2,1-4H3,(H,21,22,23). The SMILES string of the molecule is CCOC(=O)c1csc(NC(=O)Cc2coc3cc(C)c(C(C)C)cc23)n1. The Balaban J connectivity index is 1.74. The lowest BCUT2D eigenvalue weighted by Gasteiger charge is -2.09. The zero-order valence-electron chi connectivity index (χ0n) is 15.8. The van der Waals surface area contributed by atoms with Gasteiger partial charge in [0.15, 0.2) is 10.8 Å². The Bertz CT molecular complexity index is 987. The fourth-order valence-electron chi connectivity index (χ4n) is 2.97. The van der Waals surface area contributed by atoms with Gasteiger partial charge in [-0.15, -0.1) is 11.3 Å². The highest BCUT2D eigenvalue weighted by Crippen LogP contribution is 2.29. The van der Waals surface area contributed by atoms with Gasteiger partial charge in [0.05, 0.1) is 19.3 Å². The van der Waals surface area contributed by atoms with E-state index in [1.54, 1.807) is 18.6 Å². The molecule has 0 aliphatic carbocycles. The van der Waals surface area contributed by atoms with Gasteiger partial charge in [-0.25, -0.2) is 9.78 Å². The number of hydrogen-bond donors (Lipinski definition) is 1. The number of anilines is 1. The maximum atomic E-state index is 12.4. The summed E-state index contributed by atoms with van der Waals surface area (Å²) in [5.41, 5.74) is 4.22. The number of esters is 1. The molecule has 2 heterocycles. The van der Waals surface area contributed by atoms with Crippen molar-refractivity contribution in [2.45, 2.75) is 40.0 Å². The summed E-state index contributed by atoms with van der Waals surface area (Å²) < 4.78 is 10.5. The third-order valence-electron chi connectivity index (χ3n) is 4.25. The van der Waals surface area contributed by atoms with Gasteiger partial charge in [0, 0.05) is 16.3 Å². The molecule has 1 N–H and O–H groups in total. The molecule has 27 heavy (non-hydrogen) atoms. The number of hydrogen-bond acceptors (Lipinski definition) is 6. The van der Waals surface area contributed by atoms with E-state index in [2.05, 4.69) is 37.1 Å². The lowest BCUT2D eigenvalue weighted by molar-refractivity contribution is -0.115. The minimum atomic E-state index is -0.494. The predicted molar refractivity (Wildman–Crippen MR) is 105 cm³/mol. The van der Waals surface area contributed by atoms with Crippen LogP contribution < -0.4 is 5.32 Å². The second-order valence-corrected chi connectivity index (χ2v) is 7.46. The molecule has 7 heteroatoms. The fourth-order valence-corrected chi connectivity index (χ4v) is 3.67. The van der Waals surface area contributed by atoms with Gasteiger partial charge in [0.2, 0.25) is 5.91 Å². The van der Waals surface area contributed by atoms with Crippen LogP contribution in [0.4, 0.5) is 5.13 Å². The van der Waals surface area contributed by atoms with Gasteiger partial charge < -0.3 is 14.5 Å². The minimum absolute atomic E-state index is 0.169. The summed E-state index contributed by atoms with van der Waals surface area (Å²) in [6.07, 6.45) is 1.79. The number of thiazole rings is 1. The topological polar surface area (TPSA) is 81.4 Å².